The topological polar surface area (TPSA) is 84.5 Å². The van der Waals surface area contributed by atoms with Crippen LogP contribution in [0.25, 0.3) is 0 Å². The van der Waals surface area contributed by atoms with E-state index in [9.17, 15) is 13.2 Å². The van der Waals surface area contributed by atoms with Gasteiger partial charge in [0.2, 0.25) is 10.0 Å². The lowest BCUT2D eigenvalue weighted by molar-refractivity contribution is -0.118. The molecule has 29 heavy (non-hydrogen) atoms. The predicted molar refractivity (Wildman–Crippen MR) is 119 cm³/mol. The Morgan fingerprint density at radius 3 is 2.31 bits per heavy atom. The van der Waals surface area contributed by atoms with Crippen LogP contribution in [0.15, 0.2) is 51.8 Å². The molecule has 0 heterocycles. The molecule has 0 radical (unpaired) electrons. The van der Waals surface area contributed by atoms with Gasteiger partial charge in [-0.3, -0.25) is 4.79 Å². The Morgan fingerprint density at radius 1 is 1.10 bits per heavy atom. The zero-order valence-corrected chi connectivity index (χ0v) is 19.4. The fraction of sp³-hybridized carbons (Fsp3) is 0.381. The summed E-state index contributed by atoms with van der Waals surface area (Å²) in [5, 5.41) is 2.70. The third-order valence-electron chi connectivity index (χ3n) is 4.34. The quantitative estimate of drug-likeness (QED) is 0.543. The molecule has 2 N–H and O–H groups in total. The van der Waals surface area contributed by atoms with E-state index in [-0.39, 0.29) is 23.5 Å². The van der Waals surface area contributed by atoms with Crippen LogP contribution in [0.5, 0.6) is 5.75 Å². The number of nitrogens with one attached hydrogen (secondary N) is 2. The van der Waals surface area contributed by atoms with Gasteiger partial charge in [0.25, 0.3) is 5.91 Å². The van der Waals surface area contributed by atoms with Crippen LogP contribution in [0.2, 0.25) is 0 Å². The molecule has 0 bridgehead atoms. The molecule has 1 unspecified atom stereocenters. The first kappa shape index (κ1) is 23.4. The summed E-state index contributed by atoms with van der Waals surface area (Å²) < 4.78 is 33.2. The molecule has 158 valence electrons. The molecule has 6 nitrogen and oxygen atoms in total. The molecule has 0 saturated heterocycles. The monoisotopic (exact) mass is 482 g/mol. The van der Waals surface area contributed by atoms with Crippen LogP contribution in [0.3, 0.4) is 0 Å². The molecule has 0 saturated carbocycles. The molecule has 0 aliphatic rings. The summed E-state index contributed by atoms with van der Waals surface area (Å²) in [6, 6.07) is 11.6. The third kappa shape index (κ3) is 6.83. The van der Waals surface area contributed by atoms with Gasteiger partial charge in [-0.2, -0.15) is 0 Å². The first-order chi connectivity index (χ1) is 13.6. The number of carbonyl (C=O) groups excluding carboxylic acids is 1. The number of carbonyl (C=O) groups is 1. The fourth-order valence-electron chi connectivity index (χ4n) is 2.61. The van der Waals surface area contributed by atoms with Crippen LogP contribution in [-0.4, -0.2) is 27.0 Å². The Kier molecular flexibility index (Phi) is 8.24. The van der Waals surface area contributed by atoms with Crippen LogP contribution in [-0.2, 0) is 14.8 Å². The summed E-state index contributed by atoms with van der Waals surface area (Å²) in [6.45, 7) is 7.64. The molecule has 0 aromatic heterocycles. The zero-order valence-electron chi connectivity index (χ0n) is 17.0. The number of anilines is 1. The minimum Gasteiger partial charge on any atom is -0.483 e. The second-order valence-electron chi connectivity index (χ2n) is 7.14. The number of halogens is 1. The van der Waals surface area contributed by atoms with Gasteiger partial charge < -0.3 is 10.1 Å². The molecule has 0 aliphatic carbocycles. The van der Waals surface area contributed by atoms with E-state index in [2.05, 4.69) is 39.8 Å². The maximum atomic E-state index is 12.2. The van der Waals surface area contributed by atoms with E-state index in [0.717, 1.165) is 10.9 Å². The van der Waals surface area contributed by atoms with Gasteiger partial charge >= 0.3 is 0 Å². The lowest BCUT2D eigenvalue weighted by Gasteiger charge is -2.13. The van der Waals surface area contributed by atoms with Crippen molar-refractivity contribution in [1.29, 1.82) is 0 Å². The van der Waals surface area contributed by atoms with Gasteiger partial charge in [0.15, 0.2) is 6.61 Å². The maximum absolute atomic E-state index is 12.2. The van der Waals surface area contributed by atoms with Crippen molar-refractivity contribution in [3.63, 3.8) is 0 Å². The van der Waals surface area contributed by atoms with Crippen molar-refractivity contribution >= 4 is 37.5 Å². The van der Waals surface area contributed by atoms with Gasteiger partial charge in [-0.15, -0.1) is 0 Å². The molecule has 0 aliphatic heterocycles. The number of hydrogen-bond acceptors (Lipinski definition) is 4. The Balaban J connectivity index is 1.94. The number of ether oxygens (including phenoxy) is 1. The van der Waals surface area contributed by atoms with Crippen LogP contribution in [0.4, 0.5) is 5.69 Å². The van der Waals surface area contributed by atoms with Crippen molar-refractivity contribution in [2.75, 3.05) is 11.9 Å². The number of hydrogen-bond donors (Lipinski definition) is 2. The molecule has 2 rings (SSSR count). The van der Waals surface area contributed by atoms with Gasteiger partial charge in [-0.05, 0) is 84.1 Å². The summed E-state index contributed by atoms with van der Waals surface area (Å²) in [7, 11) is -3.56. The number of amides is 1. The van der Waals surface area contributed by atoms with Crippen molar-refractivity contribution in [1.82, 2.24) is 4.72 Å². The summed E-state index contributed by atoms with van der Waals surface area (Å²) in [4.78, 5) is 12.3. The minimum atomic E-state index is -3.56. The highest BCUT2D eigenvalue weighted by atomic mass is 79.9. The van der Waals surface area contributed by atoms with E-state index in [0.29, 0.717) is 17.4 Å². The molecule has 2 aromatic rings. The third-order valence-corrected chi connectivity index (χ3v) is 6.63. The molecule has 0 fully saturated rings. The fourth-order valence-corrected chi connectivity index (χ4v) is 4.37. The summed E-state index contributed by atoms with van der Waals surface area (Å²) in [6.07, 6.45) is 1.04. The van der Waals surface area contributed by atoms with E-state index in [1.165, 1.54) is 17.7 Å². The normalized spacial score (nSPS) is 12.6. The number of rotatable bonds is 9. The van der Waals surface area contributed by atoms with Crippen LogP contribution >= 0.6 is 15.9 Å². The smallest absolute Gasteiger partial charge is 0.262 e. The minimum absolute atomic E-state index is 0.144. The Labute approximate surface area is 181 Å². The summed E-state index contributed by atoms with van der Waals surface area (Å²) in [5.41, 5.74) is 1.70. The average Bonchev–Trinajstić information content (AvgIpc) is 2.65. The van der Waals surface area contributed by atoms with Crippen molar-refractivity contribution in [3.05, 3.63) is 52.5 Å². The second-order valence-corrected chi connectivity index (χ2v) is 9.70. The molecule has 2 aromatic carbocycles. The van der Waals surface area contributed by atoms with Gasteiger partial charge in [0.1, 0.15) is 5.75 Å². The standard InChI is InChI=1S/C21H27BrN2O4S/c1-5-15(4)16-6-11-20(19(22)12-16)28-13-21(25)23-17-7-9-18(10-8-17)29(26,27)24-14(2)3/h6-12,14-15,24H,5,13H2,1-4H3,(H,23,25). The van der Waals surface area contributed by atoms with Gasteiger partial charge in [-0.1, -0.05) is 19.9 Å². The highest BCUT2D eigenvalue weighted by Gasteiger charge is 2.15. The van der Waals surface area contributed by atoms with E-state index in [1.807, 2.05) is 18.2 Å². The molecular weight excluding hydrogens is 456 g/mol. The van der Waals surface area contributed by atoms with Gasteiger partial charge in [0.05, 0.1) is 9.37 Å². The van der Waals surface area contributed by atoms with Crippen molar-refractivity contribution in [3.8, 4) is 5.75 Å². The maximum Gasteiger partial charge on any atom is 0.262 e. The summed E-state index contributed by atoms with van der Waals surface area (Å²) >= 11 is 3.49. The van der Waals surface area contributed by atoms with Gasteiger partial charge in [-0.25, -0.2) is 13.1 Å². The SMILES string of the molecule is CCC(C)c1ccc(OCC(=O)Nc2ccc(S(=O)(=O)NC(C)C)cc2)c(Br)c1. The Hall–Kier alpha value is -1.90. The second kappa shape index (κ2) is 10.2. The number of sulfonamides is 1. The van der Waals surface area contributed by atoms with Crippen LogP contribution in [0.1, 0.15) is 45.6 Å². The lowest BCUT2D eigenvalue weighted by Crippen LogP contribution is -2.30. The van der Waals surface area contributed by atoms with E-state index >= 15 is 0 Å². The first-order valence-electron chi connectivity index (χ1n) is 9.47. The van der Waals surface area contributed by atoms with E-state index in [1.54, 1.807) is 26.0 Å². The van der Waals surface area contributed by atoms with Crippen molar-refractivity contribution < 1.29 is 17.9 Å². The molecular formula is C21H27BrN2O4S. The molecule has 1 amide bonds. The van der Waals surface area contributed by atoms with Crippen LogP contribution < -0.4 is 14.8 Å². The zero-order chi connectivity index (χ0) is 21.6. The van der Waals surface area contributed by atoms with Crippen molar-refractivity contribution in [2.24, 2.45) is 0 Å². The van der Waals surface area contributed by atoms with E-state index < -0.39 is 10.0 Å². The average molecular weight is 483 g/mol. The first-order valence-corrected chi connectivity index (χ1v) is 11.7. The van der Waals surface area contributed by atoms with Crippen LogP contribution in [0, 0.1) is 0 Å². The van der Waals surface area contributed by atoms with Crippen molar-refractivity contribution in [2.45, 2.75) is 51.0 Å². The summed E-state index contributed by atoms with van der Waals surface area (Å²) in [5.74, 6) is 0.707. The Bertz CT molecular complexity index is 944. The largest absolute Gasteiger partial charge is 0.483 e. The number of benzene rings is 2. The Morgan fingerprint density at radius 2 is 1.76 bits per heavy atom. The predicted octanol–water partition coefficient (Wildman–Crippen LogP) is 4.67. The van der Waals surface area contributed by atoms with E-state index in [4.69, 9.17) is 4.74 Å². The molecule has 0 spiro atoms. The lowest BCUT2D eigenvalue weighted by atomic mass is 9.99. The molecule has 1 atom stereocenters. The molecule has 8 heteroatoms. The highest BCUT2D eigenvalue weighted by Crippen LogP contribution is 2.30. The van der Waals surface area contributed by atoms with Gasteiger partial charge in [0, 0.05) is 11.7 Å². The highest BCUT2D eigenvalue weighted by molar-refractivity contribution is 9.10.